The van der Waals surface area contributed by atoms with Gasteiger partial charge in [-0.25, -0.2) is 4.98 Å². The topological polar surface area (TPSA) is 45.9 Å². The second-order valence-corrected chi connectivity index (χ2v) is 4.24. The Morgan fingerprint density at radius 1 is 1.50 bits per heavy atom. The minimum Gasteiger partial charge on any atom is -0.481 e. The maximum atomic E-state index is 9.14. The molecule has 80 valence electrons. The number of pyridine rings is 1. The highest BCUT2D eigenvalue weighted by molar-refractivity contribution is 7.13. The molecule has 4 heteroatoms. The van der Waals surface area contributed by atoms with E-state index in [1.807, 2.05) is 24.4 Å². The van der Waals surface area contributed by atoms with Gasteiger partial charge in [0.05, 0.1) is 17.6 Å². The summed E-state index contributed by atoms with van der Waals surface area (Å²) in [5.41, 5.74) is 2.20. The monoisotopic (exact) mass is 230 g/mol. The Morgan fingerprint density at radius 2 is 2.31 bits per heavy atom. The molecule has 0 fully saturated rings. The molecule has 0 saturated heterocycles. The van der Waals surface area contributed by atoms with Gasteiger partial charge < -0.3 is 4.74 Å². The maximum absolute atomic E-state index is 9.14. The van der Waals surface area contributed by atoms with Crippen LogP contribution < -0.4 is 4.74 Å². The number of methoxy groups -OCH3 is 1. The standard InChI is InChI=1S/C12H10N2OS/c1-8-6-11(15-2)14-12(9(8)7-13)10-4-3-5-16-10/h3-6H,1-2H3. The van der Waals surface area contributed by atoms with E-state index in [1.54, 1.807) is 24.5 Å². The van der Waals surface area contributed by atoms with Crippen molar-refractivity contribution < 1.29 is 4.74 Å². The van der Waals surface area contributed by atoms with Gasteiger partial charge >= 0.3 is 0 Å². The van der Waals surface area contributed by atoms with Crippen LogP contribution in [0.1, 0.15) is 11.1 Å². The van der Waals surface area contributed by atoms with Gasteiger partial charge in [0.25, 0.3) is 0 Å². The van der Waals surface area contributed by atoms with Crippen molar-refractivity contribution >= 4 is 11.3 Å². The van der Waals surface area contributed by atoms with Crippen molar-refractivity contribution in [2.75, 3.05) is 7.11 Å². The van der Waals surface area contributed by atoms with Crippen molar-refractivity contribution in [1.29, 1.82) is 5.26 Å². The summed E-state index contributed by atoms with van der Waals surface area (Å²) in [5.74, 6) is 0.542. The average Bonchev–Trinajstić information content (AvgIpc) is 2.81. The molecule has 0 spiro atoms. The lowest BCUT2D eigenvalue weighted by Crippen LogP contribution is -1.95. The van der Waals surface area contributed by atoms with Gasteiger partial charge in [-0.3, -0.25) is 0 Å². The molecule has 0 bridgehead atoms. The van der Waals surface area contributed by atoms with Crippen LogP contribution in [0.15, 0.2) is 23.6 Å². The Kier molecular flexibility index (Phi) is 2.88. The van der Waals surface area contributed by atoms with Gasteiger partial charge in [-0.05, 0) is 23.9 Å². The zero-order valence-electron chi connectivity index (χ0n) is 9.02. The van der Waals surface area contributed by atoms with E-state index in [2.05, 4.69) is 11.1 Å². The van der Waals surface area contributed by atoms with E-state index in [0.29, 0.717) is 17.1 Å². The maximum Gasteiger partial charge on any atom is 0.213 e. The summed E-state index contributed by atoms with van der Waals surface area (Å²) in [6, 6.07) is 7.86. The van der Waals surface area contributed by atoms with Crippen molar-refractivity contribution in [2.45, 2.75) is 6.92 Å². The second kappa shape index (κ2) is 4.33. The fraction of sp³-hybridized carbons (Fsp3) is 0.167. The van der Waals surface area contributed by atoms with Crippen molar-refractivity contribution in [1.82, 2.24) is 4.98 Å². The van der Waals surface area contributed by atoms with Gasteiger partial charge in [0.2, 0.25) is 5.88 Å². The molecule has 0 N–H and O–H groups in total. The van der Waals surface area contributed by atoms with Gasteiger partial charge in [0.15, 0.2) is 0 Å². The largest absolute Gasteiger partial charge is 0.481 e. The number of thiophene rings is 1. The third-order valence-electron chi connectivity index (χ3n) is 2.27. The molecule has 0 aromatic carbocycles. The molecule has 0 aliphatic carbocycles. The second-order valence-electron chi connectivity index (χ2n) is 3.29. The zero-order valence-corrected chi connectivity index (χ0v) is 9.84. The lowest BCUT2D eigenvalue weighted by molar-refractivity contribution is 0.398. The molecular weight excluding hydrogens is 220 g/mol. The van der Waals surface area contributed by atoms with Crippen LogP contribution in [0.25, 0.3) is 10.6 Å². The first-order chi connectivity index (χ1) is 7.76. The van der Waals surface area contributed by atoms with E-state index in [-0.39, 0.29) is 0 Å². The van der Waals surface area contributed by atoms with Crippen LogP contribution in [0.2, 0.25) is 0 Å². The Labute approximate surface area is 97.9 Å². The summed E-state index contributed by atoms with van der Waals surface area (Å²) in [6.45, 7) is 1.89. The smallest absolute Gasteiger partial charge is 0.213 e. The number of aryl methyl sites for hydroxylation is 1. The van der Waals surface area contributed by atoms with Gasteiger partial charge in [-0.1, -0.05) is 6.07 Å². The van der Waals surface area contributed by atoms with Crippen LogP contribution in [0.5, 0.6) is 5.88 Å². The molecular formula is C12H10N2OS. The normalized spacial score (nSPS) is 9.81. The third-order valence-corrected chi connectivity index (χ3v) is 3.15. The lowest BCUT2D eigenvalue weighted by atomic mass is 10.1. The van der Waals surface area contributed by atoms with Crippen LogP contribution in [0, 0.1) is 18.3 Å². The average molecular weight is 230 g/mol. The van der Waals surface area contributed by atoms with Crippen LogP contribution >= 0.6 is 11.3 Å². The summed E-state index contributed by atoms with van der Waals surface area (Å²) < 4.78 is 5.12. The number of hydrogen-bond acceptors (Lipinski definition) is 4. The minimum atomic E-state index is 0.542. The highest BCUT2D eigenvalue weighted by atomic mass is 32.1. The first-order valence-corrected chi connectivity index (χ1v) is 5.64. The molecule has 2 rings (SSSR count). The Bertz CT molecular complexity index is 541. The van der Waals surface area contributed by atoms with Crippen molar-refractivity contribution in [2.24, 2.45) is 0 Å². The van der Waals surface area contributed by atoms with E-state index in [9.17, 15) is 0 Å². The van der Waals surface area contributed by atoms with E-state index >= 15 is 0 Å². The predicted molar refractivity (Wildman–Crippen MR) is 63.6 cm³/mol. The molecule has 2 aromatic rings. The molecule has 16 heavy (non-hydrogen) atoms. The van der Waals surface area contributed by atoms with Gasteiger partial charge in [0.1, 0.15) is 11.8 Å². The van der Waals surface area contributed by atoms with E-state index in [0.717, 1.165) is 10.4 Å². The summed E-state index contributed by atoms with van der Waals surface area (Å²) >= 11 is 1.56. The van der Waals surface area contributed by atoms with E-state index in [1.165, 1.54) is 0 Å². The minimum absolute atomic E-state index is 0.542. The summed E-state index contributed by atoms with van der Waals surface area (Å²) in [4.78, 5) is 5.32. The van der Waals surface area contributed by atoms with Crippen LogP contribution in [0.3, 0.4) is 0 Å². The van der Waals surface area contributed by atoms with Crippen LogP contribution in [-0.2, 0) is 0 Å². The fourth-order valence-corrected chi connectivity index (χ4v) is 2.20. The molecule has 0 unspecified atom stereocenters. The molecule has 3 nitrogen and oxygen atoms in total. The van der Waals surface area contributed by atoms with E-state index in [4.69, 9.17) is 10.00 Å². The molecule has 0 aliphatic rings. The first-order valence-electron chi connectivity index (χ1n) is 4.76. The highest BCUT2D eigenvalue weighted by Gasteiger charge is 2.12. The summed E-state index contributed by atoms with van der Waals surface area (Å²) in [5, 5.41) is 11.1. The molecule has 0 radical (unpaired) electrons. The van der Waals surface area contributed by atoms with Crippen LogP contribution in [-0.4, -0.2) is 12.1 Å². The number of hydrogen-bond donors (Lipinski definition) is 0. The summed E-state index contributed by atoms with van der Waals surface area (Å²) in [7, 11) is 1.58. The predicted octanol–water partition coefficient (Wildman–Crippen LogP) is 3.00. The van der Waals surface area contributed by atoms with Crippen molar-refractivity contribution in [3.05, 3.63) is 34.7 Å². The Balaban J connectivity index is 2.67. The molecule has 0 aliphatic heterocycles. The molecule has 2 heterocycles. The molecule has 0 amide bonds. The molecule has 0 saturated carbocycles. The number of aromatic nitrogens is 1. The van der Waals surface area contributed by atoms with Gasteiger partial charge in [-0.15, -0.1) is 11.3 Å². The summed E-state index contributed by atoms with van der Waals surface area (Å²) in [6.07, 6.45) is 0. The van der Waals surface area contributed by atoms with Gasteiger partial charge in [-0.2, -0.15) is 5.26 Å². The number of nitriles is 1. The van der Waals surface area contributed by atoms with Gasteiger partial charge in [0, 0.05) is 6.07 Å². The fourth-order valence-electron chi connectivity index (χ4n) is 1.48. The third kappa shape index (κ3) is 1.77. The van der Waals surface area contributed by atoms with Crippen molar-refractivity contribution in [3.8, 4) is 22.5 Å². The van der Waals surface area contributed by atoms with Crippen LogP contribution in [0.4, 0.5) is 0 Å². The highest BCUT2D eigenvalue weighted by Crippen LogP contribution is 2.29. The Morgan fingerprint density at radius 3 is 2.88 bits per heavy atom. The molecule has 0 atom stereocenters. The molecule has 2 aromatic heterocycles. The SMILES string of the molecule is COc1cc(C)c(C#N)c(-c2cccs2)n1. The quantitative estimate of drug-likeness (QED) is 0.796. The first kappa shape index (κ1) is 10.7. The van der Waals surface area contributed by atoms with Crippen molar-refractivity contribution in [3.63, 3.8) is 0 Å². The lowest BCUT2D eigenvalue weighted by Gasteiger charge is -2.06. The van der Waals surface area contributed by atoms with E-state index < -0.39 is 0 Å². The number of rotatable bonds is 2. The number of nitrogens with zero attached hydrogens (tertiary/aromatic N) is 2. The zero-order chi connectivity index (χ0) is 11.5. The Hall–Kier alpha value is -1.86. The number of ether oxygens (including phenoxy) is 1.